The maximum Gasteiger partial charge on any atom is 0.223 e. The van der Waals surface area contributed by atoms with Gasteiger partial charge in [-0.3, -0.25) is 0 Å². The molecule has 138 valence electrons. The van der Waals surface area contributed by atoms with E-state index < -0.39 is 0 Å². The fourth-order valence-corrected chi connectivity index (χ4v) is 2.70. The van der Waals surface area contributed by atoms with E-state index in [2.05, 4.69) is 42.8 Å². The molecule has 1 atom stereocenters. The van der Waals surface area contributed by atoms with E-state index in [0.717, 1.165) is 50.0 Å². The largest absolute Gasteiger partial charge is 0.357 e. The molecule has 0 fully saturated rings. The second-order valence-electron chi connectivity index (χ2n) is 5.78. The van der Waals surface area contributed by atoms with E-state index in [1.807, 2.05) is 11.6 Å². The first-order valence-electron chi connectivity index (χ1n) is 8.44. The number of guanidine groups is 1. The van der Waals surface area contributed by atoms with E-state index in [9.17, 15) is 0 Å². The number of halogens is 1. The van der Waals surface area contributed by atoms with Crippen LogP contribution in [0.15, 0.2) is 9.52 Å². The number of rotatable bonds is 5. The van der Waals surface area contributed by atoms with Gasteiger partial charge in [0.1, 0.15) is 12.4 Å². The molecule has 10 heteroatoms. The summed E-state index contributed by atoms with van der Waals surface area (Å²) in [5.74, 6) is 3.88. The van der Waals surface area contributed by atoms with Crippen LogP contribution in [0.1, 0.15) is 43.6 Å². The van der Waals surface area contributed by atoms with Crippen LogP contribution in [-0.4, -0.2) is 43.5 Å². The Kier molecular flexibility index (Phi) is 7.14. The first-order chi connectivity index (χ1) is 11.7. The molecule has 1 aliphatic rings. The summed E-state index contributed by atoms with van der Waals surface area (Å²) in [5, 5.41) is 15.1. The van der Waals surface area contributed by atoms with Gasteiger partial charge in [-0.15, -0.1) is 24.0 Å². The first kappa shape index (κ1) is 19.6. The van der Waals surface area contributed by atoms with Gasteiger partial charge in [-0.2, -0.15) is 10.1 Å². The summed E-state index contributed by atoms with van der Waals surface area (Å²) in [5.41, 5.74) is 0. The quantitative estimate of drug-likeness (QED) is 0.393. The molecule has 0 saturated carbocycles. The molecule has 3 rings (SSSR count). The molecular weight excluding hydrogens is 435 g/mol. The number of aryl methyl sites for hydroxylation is 3. The third-order valence-corrected chi connectivity index (χ3v) is 3.85. The summed E-state index contributed by atoms with van der Waals surface area (Å²) in [6.07, 6.45) is 2.80. The molecule has 2 N–H and O–H groups in total. The molecule has 9 nitrogen and oxygen atoms in total. The topological polar surface area (TPSA) is 106 Å². The number of nitrogens with one attached hydrogen (secondary N) is 2. The Morgan fingerprint density at radius 1 is 1.32 bits per heavy atom. The van der Waals surface area contributed by atoms with Crippen LogP contribution in [0.25, 0.3) is 0 Å². The van der Waals surface area contributed by atoms with Crippen LogP contribution < -0.4 is 10.6 Å². The van der Waals surface area contributed by atoms with Crippen molar-refractivity contribution in [3.8, 4) is 0 Å². The standard InChI is InChI=1S/C15H24N8O.HI/c1-4-12-20-14-7-6-11(9-23(14)21-12)19-15(16-5-2)17-8-13-18-10(3)24-22-13;/h11H,4-9H2,1-3H3,(H2,16,17,19);1H. The van der Waals surface area contributed by atoms with Crippen LogP contribution in [0.4, 0.5) is 0 Å². The Hall–Kier alpha value is -1.72. The van der Waals surface area contributed by atoms with Crippen molar-refractivity contribution in [2.24, 2.45) is 4.99 Å². The Labute approximate surface area is 164 Å². The molecule has 3 heterocycles. The predicted octanol–water partition coefficient (Wildman–Crippen LogP) is 1.22. The smallest absolute Gasteiger partial charge is 0.223 e. The van der Waals surface area contributed by atoms with E-state index in [4.69, 9.17) is 4.52 Å². The zero-order valence-electron chi connectivity index (χ0n) is 14.8. The second-order valence-corrected chi connectivity index (χ2v) is 5.78. The summed E-state index contributed by atoms with van der Waals surface area (Å²) >= 11 is 0. The van der Waals surface area contributed by atoms with Gasteiger partial charge >= 0.3 is 0 Å². The lowest BCUT2D eigenvalue weighted by molar-refractivity contribution is 0.387. The highest BCUT2D eigenvalue weighted by Gasteiger charge is 2.22. The maximum absolute atomic E-state index is 4.97. The Balaban J connectivity index is 0.00000225. The minimum absolute atomic E-state index is 0. The van der Waals surface area contributed by atoms with Gasteiger partial charge in [-0.1, -0.05) is 12.1 Å². The van der Waals surface area contributed by atoms with E-state index in [0.29, 0.717) is 18.3 Å². The van der Waals surface area contributed by atoms with Crippen molar-refractivity contribution in [1.29, 1.82) is 0 Å². The van der Waals surface area contributed by atoms with Crippen molar-refractivity contribution < 1.29 is 4.52 Å². The van der Waals surface area contributed by atoms with Crippen LogP contribution in [0.2, 0.25) is 0 Å². The van der Waals surface area contributed by atoms with E-state index in [1.54, 1.807) is 6.92 Å². The number of fused-ring (bicyclic) bond motifs is 1. The van der Waals surface area contributed by atoms with Gasteiger partial charge in [-0.05, 0) is 13.3 Å². The van der Waals surface area contributed by atoms with Gasteiger partial charge in [0, 0.05) is 32.4 Å². The molecule has 0 saturated heterocycles. The van der Waals surface area contributed by atoms with Crippen molar-refractivity contribution in [2.75, 3.05) is 6.54 Å². The molecule has 2 aromatic heterocycles. The summed E-state index contributed by atoms with van der Waals surface area (Å²) in [7, 11) is 0. The Bertz CT molecular complexity index is 710. The van der Waals surface area contributed by atoms with Crippen molar-refractivity contribution in [3.05, 3.63) is 23.4 Å². The van der Waals surface area contributed by atoms with E-state index in [-0.39, 0.29) is 30.0 Å². The van der Waals surface area contributed by atoms with Gasteiger partial charge in [0.25, 0.3) is 0 Å². The molecule has 0 aromatic carbocycles. The molecule has 0 amide bonds. The molecule has 0 aliphatic carbocycles. The lowest BCUT2D eigenvalue weighted by Crippen LogP contribution is -2.47. The Morgan fingerprint density at radius 3 is 2.84 bits per heavy atom. The van der Waals surface area contributed by atoms with Crippen molar-refractivity contribution in [3.63, 3.8) is 0 Å². The minimum atomic E-state index is 0. The fraction of sp³-hybridized carbons (Fsp3) is 0.667. The summed E-state index contributed by atoms with van der Waals surface area (Å²) in [6.45, 7) is 7.86. The number of aromatic nitrogens is 5. The maximum atomic E-state index is 4.97. The highest BCUT2D eigenvalue weighted by atomic mass is 127. The zero-order chi connectivity index (χ0) is 16.9. The van der Waals surface area contributed by atoms with Crippen LogP contribution in [0, 0.1) is 6.92 Å². The number of aliphatic imine (C=N–C) groups is 1. The van der Waals surface area contributed by atoms with Gasteiger partial charge in [0.15, 0.2) is 17.6 Å². The van der Waals surface area contributed by atoms with Crippen LogP contribution in [0.3, 0.4) is 0 Å². The molecular formula is C15H25IN8O. The molecule has 1 aliphatic heterocycles. The molecule has 2 aromatic rings. The molecule has 0 bridgehead atoms. The SMILES string of the molecule is CCNC(=NCc1noc(C)n1)NC1CCc2nc(CC)nn2C1.I. The van der Waals surface area contributed by atoms with Gasteiger partial charge in [0.2, 0.25) is 5.89 Å². The molecule has 1 unspecified atom stereocenters. The summed E-state index contributed by atoms with van der Waals surface area (Å²) in [6, 6.07) is 0.272. The van der Waals surface area contributed by atoms with E-state index in [1.165, 1.54) is 0 Å². The minimum Gasteiger partial charge on any atom is -0.357 e. The third-order valence-electron chi connectivity index (χ3n) is 3.85. The first-order valence-corrected chi connectivity index (χ1v) is 8.44. The van der Waals surface area contributed by atoms with Gasteiger partial charge in [0.05, 0.1) is 6.54 Å². The van der Waals surface area contributed by atoms with E-state index >= 15 is 0 Å². The Morgan fingerprint density at radius 2 is 2.16 bits per heavy atom. The highest BCUT2D eigenvalue weighted by molar-refractivity contribution is 14.0. The van der Waals surface area contributed by atoms with Crippen molar-refractivity contribution in [1.82, 2.24) is 35.5 Å². The number of nitrogens with zero attached hydrogens (tertiary/aromatic N) is 6. The number of hydrogen-bond donors (Lipinski definition) is 2. The molecule has 0 spiro atoms. The lowest BCUT2D eigenvalue weighted by Gasteiger charge is -2.25. The third kappa shape index (κ3) is 5.13. The number of hydrogen-bond acceptors (Lipinski definition) is 6. The van der Waals surface area contributed by atoms with Gasteiger partial charge in [-0.25, -0.2) is 14.7 Å². The average molecular weight is 460 g/mol. The van der Waals surface area contributed by atoms with Gasteiger partial charge < -0.3 is 15.2 Å². The average Bonchev–Trinajstić information content (AvgIpc) is 3.18. The summed E-state index contributed by atoms with van der Waals surface area (Å²) < 4.78 is 6.98. The zero-order valence-corrected chi connectivity index (χ0v) is 17.2. The normalized spacial score (nSPS) is 16.9. The highest BCUT2D eigenvalue weighted by Crippen LogP contribution is 2.13. The van der Waals surface area contributed by atoms with Crippen molar-refractivity contribution in [2.45, 2.75) is 59.2 Å². The van der Waals surface area contributed by atoms with Crippen LogP contribution in [0.5, 0.6) is 0 Å². The predicted molar refractivity (Wildman–Crippen MR) is 104 cm³/mol. The summed E-state index contributed by atoms with van der Waals surface area (Å²) in [4.78, 5) is 13.3. The molecule has 0 radical (unpaired) electrons. The van der Waals surface area contributed by atoms with Crippen molar-refractivity contribution >= 4 is 29.9 Å². The molecule has 25 heavy (non-hydrogen) atoms. The van der Waals surface area contributed by atoms with Crippen LogP contribution in [-0.2, 0) is 25.9 Å². The fourth-order valence-electron chi connectivity index (χ4n) is 2.70. The monoisotopic (exact) mass is 460 g/mol. The van der Waals surface area contributed by atoms with Crippen LogP contribution >= 0.6 is 24.0 Å². The second kappa shape index (κ2) is 9.11. The lowest BCUT2D eigenvalue weighted by atomic mass is 10.1.